The number of aromatic nitrogens is 4. The third-order valence-electron chi connectivity index (χ3n) is 4.89. The number of nitrogens with two attached hydrogens (primary N) is 1. The molecule has 0 amide bonds. The first kappa shape index (κ1) is 15.6. The largest absolute Gasteiger partial charge is 0.368 e. The molecule has 5 rings (SSSR count). The smallest absolute Gasteiger partial charge is 0.224 e. The van der Waals surface area contributed by atoms with Crippen molar-refractivity contribution >= 4 is 34.2 Å². The Hall–Kier alpha value is -3.61. The van der Waals surface area contributed by atoms with Gasteiger partial charge in [0.05, 0.1) is 11.6 Å². The molecule has 0 fully saturated rings. The van der Waals surface area contributed by atoms with Gasteiger partial charge in [0.2, 0.25) is 5.95 Å². The van der Waals surface area contributed by atoms with Gasteiger partial charge in [-0.3, -0.25) is 5.10 Å². The number of H-pyrrole nitrogens is 1. The SMILES string of the molecule is Nc1nc(NC2Cc3ccccc3N(c3ccccc3)C2)c2cn[nH]c2n1. The van der Waals surface area contributed by atoms with E-state index in [2.05, 4.69) is 78.9 Å². The summed E-state index contributed by atoms with van der Waals surface area (Å²) in [7, 11) is 0. The zero-order chi connectivity index (χ0) is 18.2. The number of nitrogens with zero attached hydrogens (tertiary/aromatic N) is 4. The Labute approximate surface area is 156 Å². The molecule has 7 nitrogen and oxygen atoms in total. The Morgan fingerprint density at radius 1 is 1.04 bits per heavy atom. The normalized spacial score (nSPS) is 16.3. The van der Waals surface area contributed by atoms with Gasteiger partial charge in [-0.25, -0.2) is 0 Å². The van der Waals surface area contributed by atoms with Crippen LogP contribution >= 0.6 is 0 Å². The van der Waals surface area contributed by atoms with Crippen molar-refractivity contribution in [3.63, 3.8) is 0 Å². The fourth-order valence-corrected chi connectivity index (χ4v) is 3.70. The number of hydrogen-bond acceptors (Lipinski definition) is 6. The van der Waals surface area contributed by atoms with E-state index in [4.69, 9.17) is 5.73 Å². The van der Waals surface area contributed by atoms with Crippen LogP contribution in [0.4, 0.5) is 23.1 Å². The molecule has 0 aliphatic carbocycles. The van der Waals surface area contributed by atoms with E-state index in [0.29, 0.717) is 11.5 Å². The van der Waals surface area contributed by atoms with Gasteiger partial charge in [0.15, 0.2) is 5.65 Å². The van der Waals surface area contributed by atoms with Crippen LogP contribution in [-0.4, -0.2) is 32.8 Å². The highest BCUT2D eigenvalue weighted by molar-refractivity contribution is 5.87. The van der Waals surface area contributed by atoms with E-state index >= 15 is 0 Å². The maximum absolute atomic E-state index is 5.86. The first-order valence-corrected chi connectivity index (χ1v) is 8.91. The van der Waals surface area contributed by atoms with Crippen LogP contribution in [0.2, 0.25) is 0 Å². The molecule has 7 heteroatoms. The third kappa shape index (κ3) is 2.83. The highest BCUT2D eigenvalue weighted by Gasteiger charge is 2.26. The summed E-state index contributed by atoms with van der Waals surface area (Å²) in [4.78, 5) is 10.9. The lowest BCUT2D eigenvalue weighted by Gasteiger charge is -2.36. The summed E-state index contributed by atoms with van der Waals surface area (Å²) in [6.45, 7) is 0.824. The molecule has 2 aromatic heterocycles. The van der Waals surface area contributed by atoms with Crippen molar-refractivity contribution in [1.82, 2.24) is 20.2 Å². The lowest BCUT2D eigenvalue weighted by molar-refractivity contribution is 0.678. The van der Waals surface area contributed by atoms with E-state index < -0.39 is 0 Å². The number of benzene rings is 2. The van der Waals surface area contributed by atoms with E-state index in [-0.39, 0.29) is 12.0 Å². The minimum absolute atomic E-state index is 0.174. The molecule has 3 heterocycles. The summed E-state index contributed by atoms with van der Waals surface area (Å²) < 4.78 is 0. The van der Waals surface area contributed by atoms with Gasteiger partial charge in [0, 0.05) is 24.0 Å². The second-order valence-electron chi connectivity index (χ2n) is 6.68. The quantitative estimate of drug-likeness (QED) is 0.521. The van der Waals surface area contributed by atoms with E-state index in [0.717, 1.165) is 18.4 Å². The van der Waals surface area contributed by atoms with E-state index in [1.807, 2.05) is 6.07 Å². The summed E-state index contributed by atoms with van der Waals surface area (Å²) in [5.74, 6) is 0.939. The van der Waals surface area contributed by atoms with Crippen LogP contribution in [0.3, 0.4) is 0 Å². The van der Waals surface area contributed by atoms with Gasteiger partial charge >= 0.3 is 0 Å². The molecule has 0 spiro atoms. The van der Waals surface area contributed by atoms with E-state index in [1.165, 1.54) is 16.9 Å². The summed E-state index contributed by atoms with van der Waals surface area (Å²) in [5.41, 5.74) is 10.2. The Bertz CT molecular complexity index is 1090. The van der Waals surface area contributed by atoms with E-state index in [9.17, 15) is 0 Å². The zero-order valence-electron chi connectivity index (χ0n) is 14.6. The number of para-hydroxylation sites is 2. The van der Waals surface area contributed by atoms with Crippen molar-refractivity contribution in [2.45, 2.75) is 12.5 Å². The Kier molecular flexibility index (Phi) is 3.64. The van der Waals surface area contributed by atoms with E-state index in [1.54, 1.807) is 6.20 Å². The third-order valence-corrected chi connectivity index (χ3v) is 4.89. The number of nitrogens with one attached hydrogen (secondary N) is 2. The van der Waals surface area contributed by atoms with Crippen LogP contribution < -0.4 is 16.0 Å². The van der Waals surface area contributed by atoms with Crippen molar-refractivity contribution in [2.24, 2.45) is 0 Å². The molecule has 1 atom stereocenters. The van der Waals surface area contributed by atoms with Gasteiger partial charge in [0.25, 0.3) is 0 Å². The maximum atomic E-state index is 5.86. The molecule has 0 bridgehead atoms. The summed E-state index contributed by atoms with van der Waals surface area (Å²) in [6, 6.07) is 19.1. The molecule has 27 heavy (non-hydrogen) atoms. The van der Waals surface area contributed by atoms with Gasteiger partial charge < -0.3 is 16.0 Å². The molecule has 134 valence electrons. The Morgan fingerprint density at radius 3 is 2.74 bits per heavy atom. The standard InChI is InChI=1S/C20H19N7/c21-20-24-18(16-11-22-26-19(16)25-20)23-14-10-13-6-4-5-9-17(13)27(12-14)15-7-2-1-3-8-15/h1-9,11,14H,10,12H2,(H4,21,22,23,24,25,26). The molecule has 1 unspecified atom stereocenters. The second-order valence-corrected chi connectivity index (χ2v) is 6.68. The highest BCUT2D eigenvalue weighted by Crippen LogP contribution is 2.34. The molecule has 0 radical (unpaired) electrons. The van der Waals surface area contributed by atoms with Crippen molar-refractivity contribution < 1.29 is 0 Å². The molecule has 1 aliphatic rings. The minimum Gasteiger partial charge on any atom is -0.368 e. The van der Waals surface area contributed by atoms with Crippen LogP contribution in [-0.2, 0) is 6.42 Å². The van der Waals surface area contributed by atoms with Gasteiger partial charge in [-0.1, -0.05) is 36.4 Å². The second kappa shape index (κ2) is 6.28. The monoisotopic (exact) mass is 357 g/mol. The topological polar surface area (TPSA) is 95.7 Å². The number of rotatable bonds is 3. The number of anilines is 4. The van der Waals surface area contributed by atoms with Crippen LogP contribution in [0.1, 0.15) is 5.56 Å². The van der Waals surface area contributed by atoms with Crippen LogP contribution in [0, 0.1) is 0 Å². The van der Waals surface area contributed by atoms with Crippen molar-refractivity contribution in [2.75, 3.05) is 22.5 Å². The Balaban J connectivity index is 1.52. The summed E-state index contributed by atoms with van der Waals surface area (Å²) >= 11 is 0. The predicted molar refractivity (Wildman–Crippen MR) is 107 cm³/mol. The fourth-order valence-electron chi connectivity index (χ4n) is 3.70. The van der Waals surface area contributed by atoms with Crippen molar-refractivity contribution in [3.8, 4) is 0 Å². The molecule has 0 saturated carbocycles. The van der Waals surface area contributed by atoms with Crippen LogP contribution in [0.15, 0.2) is 60.8 Å². The number of aromatic amines is 1. The van der Waals surface area contributed by atoms with Crippen molar-refractivity contribution in [1.29, 1.82) is 0 Å². The number of hydrogen-bond donors (Lipinski definition) is 3. The van der Waals surface area contributed by atoms with Gasteiger partial charge in [0.1, 0.15) is 5.82 Å². The van der Waals surface area contributed by atoms with Crippen LogP contribution in [0.25, 0.3) is 11.0 Å². The van der Waals surface area contributed by atoms with Gasteiger partial charge in [-0.15, -0.1) is 0 Å². The average Bonchev–Trinajstić information content (AvgIpc) is 3.16. The van der Waals surface area contributed by atoms with Crippen molar-refractivity contribution in [3.05, 3.63) is 66.4 Å². The zero-order valence-corrected chi connectivity index (χ0v) is 14.6. The minimum atomic E-state index is 0.174. The van der Waals surface area contributed by atoms with Gasteiger partial charge in [-0.2, -0.15) is 15.1 Å². The van der Waals surface area contributed by atoms with Crippen LogP contribution in [0.5, 0.6) is 0 Å². The lowest BCUT2D eigenvalue weighted by atomic mass is 9.97. The molecular formula is C20H19N7. The summed E-state index contributed by atoms with van der Waals surface area (Å²) in [6.07, 6.45) is 2.63. The number of fused-ring (bicyclic) bond motifs is 2. The number of nitrogen functional groups attached to an aromatic ring is 1. The molecular weight excluding hydrogens is 338 g/mol. The predicted octanol–water partition coefficient (Wildman–Crippen LogP) is 3.11. The Morgan fingerprint density at radius 2 is 1.85 bits per heavy atom. The fraction of sp³-hybridized carbons (Fsp3) is 0.150. The summed E-state index contributed by atoms with van der Waals surface area (Å²) in [5, 5.41) is 11.3. The molecule has 4 N–H and O–H groups in total. The van der Waals surface area contributed by atoms with Gasteiger partial charge in [-0.05, 0) is 30.2 Å². The molecule has 2 aromatic carbocycles. The average molecular weight is 357 g/mol. The molecule has 4 aromatic rings. The first-order valence-electron chi connectivity index (χ1n) is 8.91. The maximum Gasteiger partial charge on any atom is 0.224 e. The highest BCUT2D eigenvalue weighted by atomic mass is 15.2. The molecule has 1 aliphatic heterocycles. The molecule has 0 saturated heterocycles. The first-order chi connectivity index (χ1) is 13.3. The lowest BCUT2D eigenvalue weighted by Crippen LogP contribution is -2.40.